The predicted molar refractivity (Wildman–Crippen MR) is 53.1 cm³/mol. The molecule has 0 radical (unpaired) electrons. The predicted octanol–water partition coefficient (Wildman–Crippen LogP) is -0.160. The maximum absolute atomic E-state index is 11.6. The SMILES string of the molecule is CC(O)CNC(=O)C1C(C(=O)O)C1(C)C. The lowest BCUT2D eigenvalue weighted by atomic mass is 10.1. The summed E-state index contributed by atoms with van der Waals surface area (Å²) in [6.07, 6.45) is -0.612. The fourth-order valence-corrected chi connectivity index (χ4v) is 1.95. The number of hydrogen-bond acceptors (Lipinski definition) is 3. The summed E-state index contributed by atoms with van der Waals surface area (Å²) >= 11 is 0. The van der Waals surface area contributed by atoms with Crippen molar-refractivity contribution in [3.05, 3.63) is 0 Å². The van der Waals surface area contributed by atoms with Crippen LogP contribution in [-0.2, 0) is 9.59 Å². The van der Waals surface area contributed by atoms with Gasteiger partial charge in [0.05, 0.1) is 17.9 Å². The average Bonchev–Trinajstić information content (AvgIpc) is 2.65. The molecular formula is C10H17NO4. The van der Waals surface area contributed by atoms with Crippen LogP contribution in [0.1, 0.15) is 20.8 Å². The highest BCUT2D eigenvalue weighted by Gasteiger charge is 2.65. The number of carbonyl (C=O) groups excluding carboxylic acids is 1. The van der Waals surface area contributed by atoms with Crippen LogP contribution in [-0.4, -0.2) is 34.7 Å². The van der Waals surface area contributed by atoms with Crippen molar-refractivity contribution in [3.8, 4) is 0 Å². The molecule has 1 rings (SSSR count). The first-order chi connectivity index (χ1) is 6.78. The first-order valence-corrected chi connectivity index (χ1v) is 4.97. The number of hydrogen-bond donors (Lipinski definition) is 3. The molecule has 0 heterocycles. The van der Waals surface area contributed by atoms with E-state index in [1.807, 2.05) is 0 Å². The van der Waals surface area contributed by atoms with Crippen molar-refractivity contribution >= 4 is 11.9 Å². The monoisotopic (exact) mass is 215 g/mol. The maximum Gasteiger partial charge on any atom is 0.307 e. The zero-order chi connectivity index (χ0) is 11.8. The van der Waals surface area contributed by atoms with E-state index in [1.165, 1.54) is 0 Å². The number of rotatable bonds is 4. The van der Waals surface area contributed by atoms with E-state index in [1.54, 1.807) is 20.8 Å². The van der Waals surface area contributed by atoms with E-state index in [0.29, 0.717) is 0 Å². The quantitative estimate of drug-likeness (QED) is 0.608. The topological polar surface area (TPSA) is 86.6 Å². The number of aliphatic hydroxyl groups excluding tert-OH is 1. The highest BCUT2D eigenvalue weighted by Crippen LogP contribution is 2.58. The molecule has 0 bridgehead atoms. The van der Waals surface area contributed by atoms with Gasteiger partial charge in [-0.2, -0.15) is 0 Å². The van der Waals surface area contributed by atoms with E-state index in [2.05, 4.69) is 5.32 Å². The lowest BCUT2D eigenvalue weighted by Crippen LogP contribution is -2.33. The molecule has 0 aromatic carbocycles. The smallest absolute Gasteiger partial charge is 0.307 e. The van der Waals surface area contributed by atoms with E-state index in [9.17, 15) is 9.59 Å². The molecule has 0 aromatic heterocycles. The van der Waals surface area contributed by atoms with Gasteiger partial charge in [-0.3, -0.25) is 9.59 Å². The Kier molecular flexibility index (Phi) is 3.04. The second-order valence-corrected chi connectivity index (χ2v) is 4.71. The van der Waals surface area contributed by atoms with Crippen molar-refractivity contribution in [3.63, 3.8) is 0 Å². The zero-order valence-corrected chi connectivity index (χ0v) is 9.15. The Bertz CT molecular complexity index is 285. The normalized spacial score (nSPS) is 29.3. The summed E-state index contributed by atoms with van der Waals surface area (Å²) in [6, 6.07) is 0. The fourth-order valence-electron chi connectivity index (χ4n) is 1.95. The number of carboxylic acid groups (broad SMARTS) is 1. The van der Waals surface area contributed by atoms with Gasteiger partial charge in [0.25, 0.3) is 0 Å². The number of carboxylic acids is 1. The van der Waals surface area contributed by atoms with Crippen LogP contribution in [0.4, 0.5) is 0 Å². The Morgan fingerprint density at radius 1 is 1.40 bits per heavy atom. The molecule has 0 spiro atoms. The molecular weight excluding hydrogens is 198 g/mol. The standard InChI is InChI=1S/C10H17NO4/c1-5(12)4-11-8(13)6-7(9(14)15)10(6,2)3/h5-7,12H,4H2,1-3H3,(H,11,13)(H,14,15). The van der Waals surface area contributed by atoms with Gasteiger partial charge in [0.15, 0.2) is 0 Å². The van der Waals surface area contributed by atoms with Crippen LogP contribution in [0.3, 0.4) is 0 Å². The second-order valence-electron chi connectivity index (χ2n) is 4.71. The Balaban J connectivity index is 2.53. The fraction of sp³-hybridized carbons (Fsp3) is 0.800. The number of aliphatic carboxylic acids is 1. The summed E-state index contributed by atoms with van der Waals surface area (Å²) in [7, 11) is 0. The number of aliphatic hydroxyl groups is 1. The van der Waals surface area contributed by atoms with Crippen molar-refractivity contribution < 1.29 is 19.8 Å². The minimum absolute atomic E-state index is 0.164. The van der Waals surface area contributed by atoms with E-state index in [-0.39, 0.29) is 12.5 Å². The van der Waals surface area contributed by atoms with Gasteiger partial charge in [-0.15, -0.1) is 0 Å². The molecule has 0 aliphatic heterocycles. The molecule has 1 fully saturated rings. The molecule has 1 aliphatic carbocycles. The van der Waals surface area contributed by atoms with E-state index in [4.69, 9.17) is 10.2 Å². The van der Waals surface area contributed by atoms with Crippen molar-refractivity contribution in [1.29, 1.82) is 0 Å². The van der Waals surface area contributed by atoms with Gasteiger partial charge in [-0.05, 0) is 12.3 Å². The summed E-state index contributed by atoms with van der Waals surface area (Å²) < 4.78 is 0. The summed E-state index contributed by atoms with van der Waals surface area (Å²) in [5.74, 6) is -2.30. The molecule has 3 unspecified atom stereocenters. The van der Waals surface area contributed by atoms with E-state index in [0.717, 1.165) is 0 Å². The molecule has 0 saturated heterocycles. The Labute approximate surface area is 88.5 Å². The van der Waals surface area contributed by atoms with Crippen molar-refractivity contribution in [1.82, 2.24) is 5.32 Å². The average molecular weight is 215 g/mol. The maximum atomic E-state index is 11.6. The molecule has 3 atom stereocenters. The minimum Gasteiger partial charge on any atom is -0.481 e. The van der Waals surface area contributed by atoms with Crippen LogP contribution in [0.25, 0.3) is 0 Å². The highest BCUT2D eigenvalue weighted by molar-refractivity contribution is 5.91. The molecule has 3 N–H and O–H groups in total. The van der Waals surface area contributed by atoms with Gasteiger partial charge in [-0.1, -0.05) is 13.8 Å². The molecule has 1 aliphatic rings. The Morgan fingerprint density at radius 3 is 2.27 bits per heavy atom. The van der Waals surface area contributed by atoms with Gasteiger partial charge in [-0.25, -0.2) is 0 Å². The molecule has 1 amide bonds. The van der Waals surface area contributed by atoms with Gasteiger partial charge >= 0.3 is 5.97 Å². The third kappa shape index (κ3) is 2.28. The first kappa shape index (κ1) is 12.0. The van der Waals surface area contributed by atoms with Crippen LogP contribution < -0.4 is 5.32 Å². The van der Waals surface area contributed by atoms with E-state index >= 15 is 0 Å². The summed E-state index contributed by atoms with van der Waals surface area (Å²) in [5, 5.41) is 20.4. The molecule has 1 saturated carbocycles. The van der Waals surface area contributed by atoms with Gasteiger partial charge in [0, 0.05) is 6.54 Å². The largest absolute Gasteiger partial charge is 0.481 e. The third-order valence-corrected chi connectivity index (χ3v) is 2.95. The molecule has 5 nitrogen and oxygen atoms in total. The summed E-state index contributed by atoms with van der Waals surface area (Å²) in [4.78, 5) is 22.4. The second kappa shape index (κ2) is 3.81. The lowest BCUT2D eigenvalue weighted by molar-refractivity contribution is -0.140. The van der Waals surface area contributed by atoms with Crippen LogP contribution in [0.5, 0.6) is 0 Å². The summed E-state index contributed by atoms with van der Waals surface area (Å²) in [6.45, 7) is 5.25. The van der Waals surface area contributed by atoms with Crippen molar-refractivity contribution in [2.24, 2.45) is 17.3 Å². The number of carbonyl (C=O) groups is 2. The molecule has 86 valence electrons. The van der Waals surface area contributed by atoms with E-state index < -0.39 is 29.3 Å². The molecule has 0 aromatic rings. The van der Waals surface area contributed by atoms with Crippen LogP contribution in [0.15, 0.2) is 0 Å². The van der Waals surface area contributed by atoms with Gasteiger partial charge in [0.1, 0.15) is 0 Å². The zero-order valence-electron chi connectivity index (χ0n) is 9.15. The van der Waals surface area contributed by atoms with Gasteiger partial charge in [0.2, 0.25) is 5.91 Å². The highest BCUT2D eigenvalue weighted by atomic mass is 16.4. The first-order valence-electron chi connectivity index (χ1n) is 4.97. The van der Waals surface area contributed by atoms with Crippen LogP contribution in [0.2, 0.25) is 0 Å². The Morgan fingerprint density at radius 2 is 1.93 bits per heavy atom. The summed E-state index contributed by atoms with van der Waals surface area (Å²) in [5.41, 5.74) is -0.478. The minimum atomic E-state index is -0.933. The number of amides is 1. The lowest BCUT2D eigenvalue weighted by Gasteiger charge is -2.07. The van der Waals surface area contributed by atoms with Gasteiger partial charge < -0.3 is 15.5 Å². The molecule has 15 heavy (non-hydrogen) atoms. The van der Waals surface area contributed by atoms with Crippen molar-refractivity contribution in [2.75, 3.05) is 6.54 Å². The molecule has 5 heteroatoms. The van der Waals surface area contributed by atoms with Crippen LogP contribution >= 0.6 is 0 Å². The van der Waals surface area contributed by atoms with Crippen LogP contribution in [0, 0.1) is 17.3 Å². The van der Waals surface area contributed by atoms with Crippen molar-refractivity contribution in [2.45, 2.75) is 26.9 Å². The third-order valence-electron chi connectivity index (χ3n) is 2.95. The Hall–Kier alpha value is -1.10. The number of nitrogens with one attached hydrogen (secondary N) is 1.